The van der Waals surface area contributed by atoms with Gasteiger partial charge in [0.1, 0.15) is 18.2 Å². The molecule has 1 aromatic heterocycles. The van der Waals surface area contributed by atoms with Gasteiger partial charge in [-0.3, -0.25) is 0 Å². The van der Waals surface area contributed by atoms with Crippen molar-refractivity contribution in [2.75, 3.05) is 0 Å². The van der Waals surface area contributed by atoms with Crippen molar-refractivity contribution in [2.24, 2.45) is 0 Å². The molecule has 0 radical (unpaired) electrons. The Balaban J connectivity index is 2.06. The van der Waals surface area contributed by atoms with Crippen molar-refractivity contribution in [3.63, 3.8) is 0 Å². The van der Waals surface area contributed by atoms with E-state index in [9.17, 15) is 8.78 Å². The lowest BCUT2D eigenvalue weighted by molar-refractivity contribution is 0.287. The van der Waals surface area contributed by atoms with Gasteiger partial charge in [0.25, 0.3) is 0 Å². The molecule has 0 unspecified atom stereocenters. The van der Waals surface area contributed by atoms with Crippen molar-refractivity contribution >= 4 is 0 Å². The van der Waals surface area contributed by atoms with Crippen LogP contribution in [0.4, 0.5) is 8.78 Å². The molecule has 3 nitrogen and oxygen atoms in total. The zero-order chi connectivity index (χ0) is 13.0. The lowest BCUT2D eigenvalue weighted by Crippen LogP contribution is -2.00. The van der Waals surface area contributed by atoms with Gasteiger partial charge in [0.15, 0.2) is 0 Å². The number of pyridine rings is 1. The summed E-state index contributed by atoms with van der Waals surface area (Å²) in [5.74, 6) is -0.775. The molecule has 0 aliphatic rings. The third-order valence-corrected chi connectivity index (χ3v) is 2.26. The van der Waals surface area contributed by atoms with Crippen LogP contribution in [0.2, 0.25) is 0 Å². The normalized spacial score (nSPS) is 9.83. The second-order valence-corrected chi connectivity index (χ2v) is 3.52. The summed E-state index contributed by atoms with van der Waals surface area (Å²) in [6.07, 6.45) is 1.02. The molecule has 2 rings (SSSR count). The Bertz CT molecular complexity index is 591. The van der Waals surface area contributed by atoms with E-state index in [2.05, 4.69) is 4.98 Å². The molecule has 1 aromatic carbocycles. The third-order valence-electron chi connectivity index (χ3n) is 2.26. The average Bonchev–Trinajstić information content (AvgIpc) is 2.39. The number of aromatic nitrogens is 1. The van der Waals surface area contributed by atoms with Gasteiger partial charge in [-0.1, -0.05) is 6.07 Å². The Labute approximate surface area is 102 Å². The minimum atomic E-state index is -0.517. The molecule has 0 aliphatic heterocycles. The molecule has 0 N–H and O–H groups in total. The van der Waals surface area contributed by atoms with Gasteiger partial charge in [-0.25, -0.2) is 13.8 Å². The van der Waals surface area contributed by atoms with Gasteiger partial charge >= 0.3 is 0 Å². The minimum Gasteiger partial charge on any atom is -0.473 e. The molecule has 90 valence electrons. The summed E-state index contributed by atoms with van der Waals surface area (Å²) >= 11 is 0. The van der Waals surface area contributed by atoms with Crippen molar-refractivity contribution in [3.05, 3.63) is 59.3 Å². The number of hydrogen-bond acceptors (Lipinski definition) is 3. The summed E-state index contributed by atoms with van der Waals surface area (Å²) in [4.78, 5) is 3.68. The highest BCUT2D eigenvalue weighted by atomic mass is 19.1. The number of rotatable bonds is 3. The Kier molecular flexibility index (Phi) is 3.49. The molecule has 0 spiro atoms. The highest BCUT2D eigenvalue weighted by Crippen LogP contribution is 2.13. The Morgan fingerprint density at radius 3 is 2.67 bits per heavy atom. The van der Waals surface area contributed by atoms with E-state index in [0.29, 0.717) is 5.56 Å². The molecule has 0 bridgehead atoms. The van der Waals surface area contributed by atoms with Crippen LogP contribution >= 0.6 is 0 Å². The van der Waals surface area contributed by atoms with E-state index in [0.717, 1.165) is 12.3 Å². The van der Waals surface area contributed by atoms with Crippen LogP contribution in [0.15, 0.2) is 36.5 Å². The fourth-order valence-electron chi connectivity index (χ4n) is 1.33. The predicted octanol–water partition coefficient (Wildman–Crippen LogP) is 2.81. The number of nitriles is 1. The van der Waals surface area contributed by atoms with Crippen molar-refractivity contribution in [2.45, 2.75) is 6.61 Å². The van der Waals surface area contributed by atoms with Crippen molar-refractivity contribution < 1.29 is 13.5 Å². The monoisotopic (exact) mass is 246 g/mol. The number of nitrogens with zero attached hydrogens (tertiary/aromatic N) is 2. The van der Waals surface area contributed by atoms with Crippen LogP contribution in [-0.4, -0.2) is 4.98 Å². The minimum absolute atomic E-state index is 0.0316. The van der Waals surface area contributed by atoms with Gasteiger partial charge in [-0.15, -0.1) is 0 Å². The van der Waals surface area contributed by atoms with E-state index in [1.807, 2.05) is 6.07 Å². The summed E-state index contributed by atoms with van der Waals surface area (Å²) < 4.78 is 31.3. The van der Waals surface area contributed by atoms with Gasteiger partial charge in [-0.05, 0) is 18.2 Å². The van der Waals surface area contributed by atoms with Crippen molar-refractivity contribution in [1.29, 1.82) is 5.26 Å². The van der Waals surface area contributed by atoms with Crippen LogP contribution in [0.25, 0.3) is 0 Å². The Hall–Kier alpha value is -2.48. The van der Waals surface area contributed by atoms with Gasteiger partial charge in [-0.2, -0.15) is 5.26 Å². The molecule has 5 heteroatoms. The first-order valence-corrected chi connectivity index (χ1v) is 5.12. The molecular formula is C13H8F2N2O. The molecule has 0 amide bonds. The maximum Gasteiger partial charge on any atom is 0.213 e. The smallest absolute Gasteiger partial charge is 0.213 e. The first-order chi connectivity index (χ1) is 8.69. The summed E-state index contributed by atoms with van der Waals surface area (Å²) in [6, 6.07) is 8.51. The standard InChI is InChI=1S/C13H8F2N2O/c14-11-3-4-13(17-7-11)18-8-10-2-1-9(6-16)5-12(10)15/h1-5,7H,8H2. The molecular weight excluding hydrogens is 238 g/mol. The molecule has 2 aromatic rings. The van der Waals surface area contributed by atoms with Crippen LogP contribution < -0.4 is 4.74 Å². The number of halogens is 2. The number of ether oxygens (including phenoxy) is 1. The molecule has 0 fully saturated rings. The van der Waals surface area contributed by atoms with Crippen LogP contribution in [0.3, 0.4) is 0 Å². The second kappa shape index (κ2) is 5.23. The fourth-order valence-corrected chi connectivity index (χ4v) is 1.33. The van der Waals surface area contributed by atoms with Crippen LogP contribution in [-0.2, 0) is 6.61 Å². The number of hydrogen-bond donors (Lipinski definition) is 0. The van der Waals surface area contributed by atoms with E-state index in [-0.39, 0.29) is 18.1 Å². The Morgan fingerprint density at radius 1 is 1.22 bits per heavy atom. The highest BCUT2D eigenvalue weighted by Gasteiger charge is 2.05. The van der Waals surface area contributed by atoms with E-state index in [1.54, 1.807) is 0 Å². The molecule has 0 aliphatic carbocycles. The molecule has 1 heterocycles. The van der Waals surface area contributed by atoms with Crippen LogP contribution in [0.5, 0.6) is 5.88 Å². The van der Waals surface area contributed by atoms with Crippen molar-refractivity contribution in [3.8, 4) is 11.9 Å². The molecule has 0 saturated carbocycles. The van der Waals surface area contributed by atoms with Crippen LogP contribution in [0, 0.1) is 23.0 Å². The van der Waals surface area contributed by atoms with E-state index in [4.69, 9.17) is 10.00 Å². The lowest BCUT2D eigenvalue weighted by atomic mass is 10.1. The molecule has 0 atom stereocenters. The summed E-state index contributed by atoms with van der Waals surface area (Å²) in [5.41, 5.74) is 0.552. The first-order valence-electron chi connectivity index (χ1n) is 5.12. The van der Waals surface area contributed by atoms with Gasteiger partial charge in [0.2, 0.25) is 5.88 Å². The zero-order valence-corrected chi connectivity index (χ0v) is 9.23. The third kappa shape index (κ3) is 2.80. The van der Waals surface area contributed by atoms with Gasteiger partial charge in [0.05, 0.1) is 17.8 Å². The summed E-state index contributed by atoms with van der Waals surface area (Å²) in [6.45, 7) is -0.0316. The quantitative estimate of drug-likeness (QED) is 0.836. The lowest BCUT2D eigenvalue weighted by Gasteiger charge is -2.06. The van der Waals surface area contributed by atoms with Crippen molar-refractivity contribution in [1.82, 2.24) is 4.98 Å². The average molecular weight is 246 g/mol. The summed E-state index contributed by atoms with van der Waals surface area (Å²) in [5, 5.41) is 8.59. The maximum atomic E-state index is 13.5. The summed E-state index contributed by atoms with van der Waals surface area (Å²) in [7, 11) is 0. The first kappa shape index (κ1) is 12.0. The number of benzene rings is 1. The Morgan fingerprint density at radius 2 is 2.06 bits per heavy atom. The van der Waals surface area contributed by atoms with E-state index in [1.165, 1.54) is 24.3 Å². The maximum absolute atomic E-state index is 13.5. The molecule has 0 saturated heterocycles. The van der Waals surface area contributed by atoms with E-state index >= 15 is 0 Å². The highest BCUT2D eigenvalue weighted by molar-refractivity contribution is 5.32. The van der Waals surface area contributed by atoms with E-state index < -0.39 is 11.6 Å². The second-order valence-electron chi connectivity index (χ2n) is 3.52. The van der Waals surface area contributed by atoms with Gasteiger partial charge < -0.3 is 4.74 Å². The van der Waals surface area contributed by atoms with Gasteiger partial charge in [0, 0.05) is 11.6 Å². The molecule has 18 heavy (non-hydrogen) atoms. The zero-order valence-electron chi connectivity index (χ0n) is 9.23. The topological polar surface area (TPSA) is 45.9 Å². The predicted molar refractivity (Wildman–Crippen MR) is 59.6 cm³/mol. The largest absolute Gasteiger partial charge is 0.473 e. The fraction of sp³-hybridized carbons (Fsp3) is 0.0769. The van der Waals surface area contributed by atoms with Crippen LogP contribution in [0.1, 0.15) is 11.1 Å². The SMILES string of the molecule is N#Cc1ccc(COc2ccc(F)cn2)c(F)c1.